The van der Waals surface area contributed by atoms with E-state index in [9.17, 15) is 22.4 Å². The van der Waals surface area contributed by atoms with E-state index in [4.69, 9.17) is 4.74 Å². The van der Waals surface area contributed by atoms with Gasteiger partial charge in [0.1, 0.15) is 29.9 Å². The number of benzene rings is 3. The summed E-state index contributed by atoms with van der Waals surface area (Å²) in [7, 11) is -3.86. The van der Waals surface area contributed by atoms with Crippen molar-refractivity contribution < 1.29 is 27.1 Å². The Hall–Kier alpha value is -3.92. The quantitative estimate of drug-likeness (QED) is 0.368. The highest BCUT2D eigenvalue weighted by atomic mass is 32.2. The second-order valence-corrected chi connectivity index (χ2v) is 10.6. The van der Waals surface area contributed by atoms with Gasteiger partial charge in [0.2, 0.25) is 21.8 Å². The number of ether oxygens (including phenoxy) is 1. The fourth-order valence-corrected chi connectivity index (χ4v) is 4.77. The highest BCUT2D eigenvalue weighted by Crippen LogP contribution is 2.26. The van der Waals surface area contributed by atoms with E-state index in [1.54, 1.807) is 50.2 Å². The van der Waals surface area contributed by atoms with Crippen LogP contribution in [0.5, 0.6) is 11.5 Å². The van der Waals surface area contributed by atoms with Gasteiger partial charge < -0.3 is 15.0 Å². The van der Waals surface area contributed by atoms with E-state index in [-0.39, 0.29) is 18.1 Å². The lowest BCUT2D eigenvalue weighted by molar-refractivity contribution is -0.140. The van der Waals surface area contributed by atoms with E-state index in [0.29, 0.717) is 30.0 Å². The molecule has 10 heteroatoms. The normalized spacial score (nSPS) is 11.9. The number of amides is 2. The summed E-state index contributed by atoms with van der Waals surface area (Å²) in [4.78, 5) is 27.7. The number of nitrogens with one attached hydrogen (secondary N) is 1. The molecule has 0 aliphatic carbocycles. The van der Waals surface area contributed by atoms with Crippen molar-refractivity contribution in [2.24, 2.45) is 0 Å². The molecule has 8 nitrogen and oxygen atoms in total. The molecule has 0 aliphatic rings. The van der Waals surface area contributed by atoms with Crippen molar-refractivity contribution >= 4 is 27.5 Å². The van der Waals surface area contributed by atoms with Crippen LogP contribution < -0.4 is 14.4 Å². The van der Waals surface area contributed by atoms with Gasteiger partial charge in [-0.25, -0.2) is 12.8 Å². The van der Waals surface area contributed by atoms with Crippen LogP contribution in [0, 0.1) is 5.82 Å². The number of carbonyl (C=O) groups is 2. The first-order chi connectivity index (χ1) is 18.1. The summed E-state index contributed by atoms with van der Waals surface area (Å²) in [6, 6.07) is 20.2. The van der Waals surface area contributed by atoms with Crippen molar-refractivity contribution in [2.75, 3.05) is 23.7 Å². The lowest BCUT2D eigenvalue weighted by atomic mass is 10.1. The maximum atomic E-state index is 13.6. The van der Waals surface area contributed by atoms with E-state index >= 15 is 0 Å². The van der Waals surface area contributed by atoms with Crippen LogP contribution in [0.1, 0.15) is 25.8 Å². The van der Waals surface area contributed by atoms with Gasteiger partial charge in [-0.3, -0.25) is 13.9 Å². The minimum Gasteiger partial charge on any atom is -0.457 e. The third-order valence-corrected chi connectivity index (χ3v) is 6.93. The number of rotatable bonds is 12. The number of halogens is 1. The van der Waals surface area contributed by atoms with Crippen molar-refractivity contribution in [1.29, 1.82) is 0 Å². The van der Waals surface area contributed by atoms with E-state index in [2.05, 4.69) is 5.32 Å². The van der Waals surface area contributed by atoms with Gasteiger partial charge in [0.05, 0.1) is 11.9 Å². The molecule has 0 aliphatic heterocycles. The number of hydrogen-bond acceptors (Lipinski definition) is 5. The first kappa shape index (κ1) is 28.6. The molecule has 0 spiro atoms. The Morgan fingerprint density at radius 2 is 1.53 bits per heavy atom. The lowest BCUT2D eigenvalue weighted by Gasteiger charge is -2.32. The van der Waals surface area contributed by atoms with E-state index < -0.39 is 34.3 Å². The Morgan fingerprint density at radius 3 is 2.08 bits per heavy atom. The number of anilines is 1. The van der Waals surface area contributed by atoms with Gasteiger partial charge in [0.15, 0.2) is 0 Å². The van der Waals surface area contributed by atoms with Crippen LogP contribution in [0.4, 0.5) is 10.1 Å². The van der Waals surface area contributed by atoms with E-state index in [1.165, 1.54) is 29.2 Å². The molecule has 38 heavy (non-hydrogen) atoms. The second kappa shape index (κ2) is 13.0. The minimum absolute atomic E-state index is 0.0101. The first-order valence-electron chi connectivity index (χ1n) is 12.2. The van der Waals surface area contributed by atoms with Crippen molar-refractivity contribution in [1.82, 2.24) is 10.2 Å². The zero-order valence-electron chi connectivity index (χ0n) is 21.6. The van der Waals surface area contributed by atoms with Crippen LogP contribution in [-0.4, -0.2) is 50.5 Å². The number of sulfonamides is 1. The fraction of sp³-hybridized carbons (Fsp3) is 0.286. The summed E-state index contributed by atoms with van der Waals surface area (Å²) in [5, 5.41) is 2.73. The van der Waals surface area contributed by atoms with Crippen molar-refractivity contribution in [3.63, 3.8) is 0 Å². The van der Waals surface area contributed by atoms with Gasteiger partial charge >= 0.3 is 0 Å². The standard InChI is InChI=1S/C28H32FN3O5S/c1-4-26(28(34)30-5-2)31(19-21-11-13-22(29)14-12-21)27(33)20-32(38(3,35)36)23-15-17-25(18-16-23)37-24-9-7-6-8-10-24/h6-18,26H,4-5,19-20H2,1-3H3,(H,30,34)/t26-/m0/s1. The third kappa shape index (κ3) is 7.79. The highest BCUT2D eigenvalue weighted by molar-refractivity contribution is 7.92. The van der Waals surface area contributed by atoms with Crippen molar-refractivity contribution in [3.8, 4) is 11.5 Å². The molecule has 0 heterocycles. The van der Waals surface area contributed by atoms with Gasteiger partial charge in [0, 0.05) is 13.1 Å². The van der Waals surface area contributed by atoms with Crippen LogP contribution >= 0.6 is 0 Å². The lowest BCUT2D eigenvalue weighted by Crippen LogP contribution is -2.52. The second-order valence-electron chi connectivity index (χ2n) is 8.65. The molecular formula is C28H32FN3O5S. The van der Waals surface area contributed by atoms with Gasteiger partial charge in [0.25, 0.3) is 0 Å². The van der Waals surface area contributed by atoms with Crippen LogP contribution in [0.25, 0.3) is 0 Å². The maximum Gasteiger partial charge on any atom is 0.244 e. The average Bonchev–Trinajstić information content (AvgIpc) is 2.89. The molecule has 2 amide bonds. The molecule has 0 aromatic heterocycles. The molecule has 0 saturated carbocycles. The Bertz CT molecular complexity index is 1320. The Labute approximate surface area is 223 Å². The molecular weight excluding hydrogens is 509 g/mol. The van der Waals surface area contributed by atoms with Gasteiger partial charge in [-0.1, -0.05) is 37.3 Å². The monoisotopic (exact) mass is 541 g/mol. The van der Waals surface area contributed by atoms with Crippen LogP contribution in [-0.2, 0) is 26.2 Å². The number of likely N-dealkylation sites (N-methyl/N-ethyl adjacent to an activating group) is 1. The molecule has 0 unspecified atom stereocenters. The molecule has 0 radical (unpaired) electrons. The Balaban J connectivity index is 1.88. The summed E-state index contributed by atoms with van der Waals surface area (Å²) in [6.45, 7) is 3.41. The molecule has 3 aromatic rings. The largest absolute Gasteiger partial charge is 0.457 e. The van der Waals surface area contributed by atoms with E-state index in [1.807, 2.05) is 18.2 Å². The molecule has 0 fully saturated rings. The van der Waals surface area contributed by atoms with Crippen LogP contribution in [0.15, 0.2) is 78.9 Å². The Morgan fingerprint density at radius 1 is 0.921 bits per heavy atom. The maximum absolute atomic E-state index is 13.6. The molecule has 0 saturated heterocycles. The number of para-hydroxylation sites is 1. The number of hydrogen-bond donors (Lipinski definition) is 1. The SMILES string of the molecule is CCNC(=O)[C@H](CC)N(Cc1ccc(F)cc1)C(=O)CN(c1ccc(Oc2ccccc2)cc1)S(C)(=O)=O. The van der Waals surface area contributed by atoms with Crippen LogP contribution in [0.3, 0.4) is 0 Å². The summed E-state index contributed by atoms with van der Waals surface area (Å²) in [6.07, 6.45) is 1.32. The predicted molar refractivity (Wildman–Crippen MR) is 145 cm³/mol. The van der Waals surface area contributed by atoms with Crippen molar-refractivity contribution in [2.45, 2.75) is 32.9 Å². The molecule has 3 rings (SSSR count). The third-order valence-electron chi connectivity index (χ3n) is 5.79. The molecule has 1 atom stereocenters. The molecule has 1 N–H and O–H groups in total. The molecule has 0 bridgehead atoms. The highest BCUT2D eigenvalue weighted by Gasteiger charge is 2.31. The zero-order chi connectivity index (χ0) is 27.7. The summed E-state index contributed by atoms with van der Waals surface area (Å²) in [5.41, 5.74) is 0.880. The molecule has 202 valence electrons. The topological polar surface area (TPSA) is 96.0 Å². The summed E-state index contributed by atoms with van der Waals surface area (Å²) < 4.78 is 45.7. The summed E-state index contributed by atoms with van der Waals surface area (Å²) in [5.74, 6) is -0.214. The minimum atomic E-state index is -3.86. The Kier molecular flexibility index (Phi) is 9.84. The number of carbonyl (C=O) groups excluding carboxylic acids is 2. The predicted octanol–water partition coefficient (Wildman–Crippen LogP) is 4.33. The van der Waals surface area contributed by atoms with Crippen LogP contribution in [0.2, 0.25) is 0 Å². The first-order valence-corrected chi connectivity index (χ1v) is 14.1. The smallest absolute Gasteiger partial charge is 0.244 e. The van der Waals surface area contributed by atoms with Gasteiger partial charge in [-0.2, -0.15) is 0 Å². The fourth-order valence-electron chi connectivity index (χ4n) is 3.92. The molecule has 3 aromatic carbocycles. The van der Waals surface area contributed by atoms with Crippen molar-refractivity contribution in [3.05, 3.63) is 90.2 Å². The van der Waals surface area contributed by atoms with Gasteiger partial charge in [-0.15, -0.1) is 0 Å². The number of nitrogens with zero attached hydrogens (tertiary/aromatic N) is 2. The van der Waals surface area contributed by atoms with Gasteiger partial charge in [-0.05, 0) is 67.4 Å². The average molecular weight is 542 g/mol. The van der Waals surface area contributed by atoms with E-state index in [0.717, 1.165) is 10.6 Å². The zero-order valence-corrected chi connectivity index (χ0v) is 22.4. The summed E-state index contributed by atoms with van der Waals surface area (Å²) >= 11 is 0.